The molecule has 3 aromatic rings. The molecule has 0 unspecified atom stereocenters. The van der Waals surface area contributed by atoms with E-state index >= 15 is 0 Å². The normalized spacial score (nSPS) is 11.1. The third kappa shape index (κ3) is 3.58. The average Bonchev–Trinajstić information content (AvgIpc) is 3.20. The topological polar surface area (TPSA) is 80.0 Å². The van der Waals surface area contributed by atoms with Crippen LogP contribution >= 0.6 is 11.3 Å². The van der Waals surface area contributed by atoms with Crippen molar-refractivity contribution in [3.05, 3.63) is 18.0 Å². The molecule has 26 heavy (non-hydrogen) atoms. The number of benzene rings is 1. The van der Waals surface area contributed by atoms with Crippen LogP contribution in [0.3, 0.4) is 0 Å². The predicted molar refractivity (Wildman–Crippen MR) is 98.3 cm³/mol. The molecule has 0 spiro atoms. The van der Waals surface area contributed by atoms with Crippen LogP contribution < -0.4 is 14.2 Å². The van der Waals surface area contributed by atoms with Gasteiger partial charge in [-0.25, -0.2) is 0 Å². The molecule has 3 rings (SSSR count). The third-order valence-electron chi connectivity index (χ3n) is 3.48. The largest absolute Gasteiger partial charge is 0.490 e. The maximum Gasteiger partial charge on any atom is 0.235 e. The highest BCUT2D eigenvalue weighted by atomic mass is 32.1. The van der Waals surface area contributed by atoms with E-state index in [9.17, 15) is 0 Å². The lowest BCUT2D eigenvalue weighted by molar-refractivity contribution is 0.176. The summed E-state index contributed by atoms with van der Waals surface area (Å²) in [5, 5.41) is 13.6. The number of aromatic nitrogens is 4. The molecule has 0 aliphatic heterocycles. The molecule has 0 fully saturated rings. The van der Waals surface area contributed by atoms with E-state index in [4.69, 9.17) is 18.9 Å². The molecule has 0 aliphatic rings. The van der Waals surface area contributed by atoms with E-state index < -0.39 is 0 Å². The van der Waals surface area contributed by atoms with E-state index in [2.05, 4.69) is 15.3 Å². The number of hydrogen-bond donors (Lipinski definition) is 0. The molecule has 140 valence electrons. The van der Waals surface area contributed by atoms with Crippen LogP contribution in [0.2, 0.25) is 0 Å². The van der Waals surface area contributed by atoms with Crippen molar-refractivity contribution in [1.29, 1.82) is 0 Å². The van der Waals surface area contributed by atoms with E-state index in [0.717, 1.165) is 10.6 Å². The molecule has 0 saturated carbocycles. The summed E-state index contributed by atoms with van der Waals surface area (Å²) in [6, 6.07) is 3.83. The molecule has 0 saturated heterocycles. The Kier molecular flexibility index (Phi) is 5.89. The molecule has 2 heterocycles. The van der Waals surface area contributed by atoms with Crippen molar-refractivity contribution in [2.45, 2.75) is 27.4 Å². The highest BCUT2D eigenvalue weighted by molar-refractivity contribution is 7.19. The van der Waals surface area contributed by atoms with Gasteiger partial charge in [-0.1, -0.05) is 11.3 Å². The Morgan fingerprint density at radius 2 is 1.62 bits per heavy atom. The number of ether oxygens (including phenoxy) is 4. The van der Waals surface area contributed by atoms with Gasteiger partial charge in [-0.05, 0) is 32.9 Å². The van der Waals surface area contributed by atoms with Gasteiger partial charge in [-0.2, -0.15) is 9.61 Å². The van der Waals surface area contributed by atoms with Gasteiger partial charge < -0.3 is 18.9 Å². The van der Waals surface area contributed by atoms with Crippen LogP contribution in [-0.4, -0.2) is 46.7 Å². The summed E-state index contributed by atoms with van der Waals surface area (Å²) in [5.74, 6) is 2.55. The van der Waals surface area contributed by atoms with Gasteiger partial charge in [0.05, 0.1) is 19.8 Å². The minimum atomic E-state index is 0.349. The molecular formula is C17H22N4O4S. The molecule has 2 aromatic heterocycles. The van der Waals surface area contributed by atoms with Gasteiger partial charge in [0.15, 0.2) is 17.3 Å². The number of methoxy groups -OCH3 is 1. The first kappa shape index (κ1) is 18.4. The zero-order chi connectivity index (χ0) is 18.5. The number of nitrogens with zero attached hydrogens (tertiary/aromatic N) is 4. The highest BCUT2D eigenvalue weighted by Crippen LogP contribution is 2.42. The van der Waals surface area contributed by atoms with E-state index in [1.54, 1.807) is 11.6 Å². The quantitative estimate of drug-likeness (QED) is 0.566. The van der Waals surface area contributed by atoms with Gasteiger partial charge in [-0.15, -0.1) is 10.2 Å². The maximum atomic E-state index is 5.77. The fraction of sp³-hybridized carbons (Fsp3) is 0.471. The van der Waals surface area contributed by atoms with Crippen LogP contribution in [0.5, 0.6) is 17.2 Å². The van der Waals surface area contributed by atoms with Crippen molar-refractivity contribution in [3.8, 4) is 27.8 Å². The second-order valence-corrected chi connectivity index (χ2v) is 6.21. The third-order valence-corrected chi connectivity index (χ3v) is 4.43. The molecule has 0 N–H and O–H groups in total. The molecule has 1 aromatic carbocycles. The Morgan fingerprint density at radius 3 is 2.19 bits per heavy atom. The summed E-state index contributed by atoms with van der Waals surface area (Å²) < 4.78 is 24.1. The first-order chi connectivity index (χ1) is 12.7. The molecular weight excluding hydrogens is 356 g/mol. The lowest BCUT2D eigenvalue weighted by atomic mass is 10.2. The summed E-state index contributed by atoms with van der Waals surface area (Å²) >= 11 is 1.44. The summed E-state index contributed by atoms with van der Waals surface area (Å²) in [4.78, 5) is 0.705. The zero-order valence-electron chi connectivity index (χ0n) is 15.3. The van der Waals surface area contributed by atoms with Gasteiger partial charge in [0.2, 0.25) is 10.7 Å². The van der Waals surface area contributed by atoms with Crippen LogP contribution in [0.15, 0.2) is 12.1 Å². The summed E-state index contributed by atoms with van der Waals surface area (Å²) in [6.07, 6.45) is 0. The van der Waals surface area contributed by atoms with Crippen LogP contribution in [0, 0.1) is 0 Å². The molecule has 0 atom stereocenters. The van der Waals surface area contributed by atoms with Crippen molar-refractivity contribution in [1.82, 2.24) is 19.8 Å². The minimum Gasteiger partial charge on any atom is -0.490 e. The van der Waals surface area contributed by atoms with E-state index in [1.165, 1.54) is 11.3 Å². The van der Waals surface area contributed by atoms with Crippen LogP contribution in [-0.2, 0) is 11.3 Å². The van der Waals surface area contributed by atoms with Gasteiger partial charge in [0.25, 0.3) is 0 Å². The van der Waals surface area contributed by atoms with E-state index in [0.29, 0.717) is 54.5 Å². The fourth-order valence-corrected chi connectivity index (χ4v) is 3.35. The van der Waals surface area contributed by atoms with Gasteiger partial charge >= 0.3 is 0 Å². The van der Waals surface area contributed by atoms with Crippen molar-refractivity contribution >= 4 is 16.3 Å². The van der Waals surface area contributed by atoms with Crippen LogP contribution in [0.4, 0.5) is 0 Å². The van der Waals surface area contributed by atoms with Gasteiger partial charge in [-0.3, -0.25) is 0 Å². The second-order valence-electron chi connectivity index (χ2n) is 5.25. The lowest BCUT2D eigenvalue weighted by Crippen LogP contribution is -2.03. The molecule has 0 amide bonds. The monoisotopic (exact) mass is 378 g/mol. The smallest absolute Gasteiger partial charge is 0.235 e. The number of hydrogen-bond acceptors (Lipinski definition) is 8. The SMILES string of the molecule is CCOc1cc(-c2nn3c(COC)nnc3s2)cc(OCC)c1OCC. The van der Waals surface area contributed by atoms with Crippen molar-refractivity contribution in [3.63, 3.8) is 0 Å². The molecule has 9 heteroatoms. The average molecular weight is 378 g/mol. The molecule has 8 nitrogen and oxygen atoms in total. The zero-order valence-corrected chi connectivity index (χ0v) is 16.1. The Bertz CT molecular complexity index is 850. The Hall–Kier alpha value is -2.39. The highest BCUT2D eigenvalue weighted by Gasteiger charge is 2.19. The summed E-state index contributed by atoms with van der Waals surface area (Å²) in [7, 11) is 1.61. The van der Waals surface area contributed by atoms with E-state index in [1.807, 2.05) is 32.9 Å². The Balaban J connectivity index is 2.08. The van der Waals surface area contributed by atoms with Crippen molar-refractivity contribution in [2.75, 3.05) is 26.9 Å². The second kappa shape index (κ2) is 8.33. The molecule has 0 aliphatic carbocycles. The van der Waals surface area contributed by atoms with E-state index in [-0.39, 0.29) is 0 Å². The van der Waals surface area contributed by atoms with Crippen LogP contribution in [0.25, 0.3) is 15.5 Å². The predicted octanol–water partition coefficient (Wildman–Crippen LogP) is 3.20. The lowest BCUT2D eigenvalue weighted by Gasteiger charge is -2.16. The Morgan fingerprint density at radius 1 is 0.962 bits per heavy atom. The molecule has 0 bridgehead atoms. The first-order valence-electron chi connectivity index (χ1n) is 8.48. The molecule has 0 radical (unpaired) electrons. The number of fused-ring (bicyclic) bond motifs is 1. The first-order valence-corrected chi connectivity index (χ1v) is 9.30. The van der Waals surface area contributed by atoms with Crippen LogP contribution in [0.1, 0.15) is 26.6 Å². The standard InChI is InChI=1S/C17H22N4O4S/c1-5-23-12-8-11(9-13(24-6-2)15(12)25-7-3)16-20-21-14(10-22-4)18-19-17(21)26-16/h8-9H,5-7,10H2,1-4H3. The number of rotatable bonds is 9. The van der Waals surface area contributed by atoms with Gasteiger partial charge in [0.1, 0.15) is 11.6 Å². The fourth-order valence-electron chi connectivity index (χ4n) is 2.51. The van der Waals surface area contributed by atoms with Crippen molar-refractivity contribution in [2.24, 2.45) is 0 Å². The summed E-state index contributed by atoms with van der Waals surface area (Å²) in [6.45, 7) is 7.72. The Labute approximate surface area is 155 Å². The maximum absolute atomic E-state index is 5.77. The van der Waals surface area contributed by atoms with Gasteiger partial charge in [0, 0.05) is 12.7 Å². The summed E-state index contributed by atoms with van der Waals surface area (Å²) in [5.41, 5.74) is 0.874. The van der Waals surface area contributed by atoms with Crippen molar-refractivity contribution < 1.29 is 18.9 Å². The minimum absolute atomic E-state index is 0.349.